The van der Waals surface area contributed by atoms with Crippen LogP contribution in [0.15, 0.2) is 22.7 Å². The van der Waals surface area contributed by atoms with Crippen LogP contribution in [0.4, 0.5) is 10.1 Å². The van der Waals surface area contributed by atoms with Crippen LogP contribution in [0, 0.1) is 17.2 Å². The molecule has 0 radical (unpaired) electrons. The molecule has 1 fully saturated rings. The highest BCUT2D eigenvalue weighted by atomic mass is 79.9. The third-order valence-electron chi connectivity index (χ3n) is 4.24. The van der Waals surface area contributed by atoms with Gasteiger partial charge in [-0.15, -0.1) is 0 Å². The predicted molar refractivity (Wildman–Crippen MR) is 82.9 cm³/mol. The first-order chi connectivity index (χ1) is 8.86. The quantitative estimate of drug-likeness (QED) is 0.744. The minimum Gasteiger partial charge on any atom is -0.380 e. The van der Waals surface area contributed by atoms with Gasteiger partial charge in [0.25, 0.3) is 0 Å². The normalized spacial score (nSPS) is 24.3. The first-order valence-electron chi connectivity index (χ1n) is 7.08. The maximum absolute atomic E-state index is 13.7. The second kappa shape index (κ2) is 5.82. The van der Waals surface area contributed by atoms with E-state index in [2.05, 4.69) is 42.0 Å². The third-order valence-corrected chi connectivity index (χ3v) is 4.73. The molecule has 0 bridgehead atoms. The summed E-state index contributed by atoms with van der Waals surface area (Å²) in [6.45, 7) is 6.96. The largest absolute Gasteiger partial charge is 0.380 e. The lowest BCUT2D eigenvalue weighted by Crippen LogP contribution is -2.31. The molecule has 1 saturated carbocycles. The molecule has 1 aliphatic rings. The molecule has 1 aliphatic carbocycles. The SMILES string of the molecule is CC(C)(C)C1CCC(Nc2cc(Br)ccc2F)CC1. The second-order valence-corrected chi connectivity index (χ2v) is 7.60. The summed E-state index contributed by atoms with van der Waals surface area (Å²) in [7, 11) is 0. The Hall–Kier alpha value is -0.570. The molecule has 106 valence electrons. The minimum atomic E-state index is -0.166. The average molecular weight is 328 g/mol. The van der Waals surface area contributed by atoms with Gasteiger partial charge in [-0.1, -0.05) is 36.7 Å². The van der Waals surface area contributed by atoms with Gasteiger partial charge in [0.05, 0.1) is 5.69 Å². The van der Waals surface area contributed by atoms with Crippen molar-refractivity contribution in [3.8, 4) is 0 Å². The van der Waals surface area contributed by atoms with Crippen LogP contribution in [-0.4, -0.2) is 6.04 Å². The number of rotatable bonds is 2. The summed E-state index contributed by atoms with van der Waals surface area (Å²) < 4.78 is 14.6. The fourth-order valence-electron chi connectivity index (χ4n) is 2.93. The van der Waals surface area contributed by atoms with Gasteiger partial charge in [-0.25, -0.2) is 4.39 Å². The summed E-state index contributed by atoms with van der Waals surface area (Å²) in [4.78, 5) is 0. The van der Waals surface area contributed by atoms with Gasteiger partial charge in [-0.3, -0.25) is 0 Å². The average Bonchev–Trinajstić information content (AvgIpc) is 2.33. The number of nitrogens with one attached hydrogen (secondary N) is 1. The van der Waals surface area contributed by atoms with Crippen molar-refractivity contribution in [2.24, 2.45) is 11.3 Å². The zero-order valence-electron chi connectivity index (χ0n) is 12.0. The minimum absolute atomic E-state index is 0.166. The lowest BCUT2D eigenvalue weighted by molar-refractivity contribution is 0.173. The molecule has 0 spiro atoms. The topological polar surface area (TPSA) is 12.0 Å². The molecule has 0 saturated heterocycles. The van der Waals surface area contributed by atoms with Gasteiger partial charge in [0.1, 0.15) is 5.82 Å². The van der Waals surface area contributed by atoms with E-state index in [1.165, 1.54) is 18.9 Å². The Morgan fingerprint density at radius 3 is 2.37 bits per heavy atom. The van der Waals surface area contributed by atoms with E-state index in [1.54, 1.807) is 6.07 Å². The summed E-state index contributed by atoms with van der Waals surface area (Å²) in [6, 6.07) is 5.47. The van der Waals surface area contributed by atoms with Crippen molar-refractivity contribution in [2.45, 2.75) is 52.5 Å². The number of benzene rings is 1. The highest BCUT2D eigenvalue weighted by Gasteiger charge is 2.29. The molecule has 0 aromatic heterocycles. The van der Waals surface area contributed by atoms with Crippen LogP contribution in [0.1, 0.15) is 46.5 Å². The summed E-state index contributed by atoms with van der Waals surface area (Å²) in [5.41, 5.74) is 1.01. The van der Waals surface area contributed by atoms with Gasteiger partial charge in [0.15, 0.2) is 0 Å². The van der Waals surface area contributed by atoms with Gasteiger partial charge in [-0.2, -0.15) is 0 Å². The van der Waals surface area contributed by atoms with E-state index in [0.717, 1.165) is 23.2 Å². The van der Waals surface area contributed by atoms with E-state index in [-0.39, 0.29) is 5.82 Å². The fraction of sp³-hybridized carbons (Fsp3) is 0.625. The number of anilines is 1. The summed E-state index contributed by atoms with van der Waals surface area (Å²) in [5, 5.41) is 3.36. The molecule has 1 aromatic carbocycles. The Bertz CT molecular complexity index is 431. The molecule has 2 rings (SSSR count). The van der Waals surface area contributed by atoms with E-state index in [4.69, 9.17) is 0 Å². The van der Waals surface area contributed by atoms with Crippen molar-refractivity contribution in [1.82, 2.24) is 0 Å². The van der Waals surface area contributed by atoms with Crippen molar-refractivity contribution in [2.75, 3.05) is 5.32 Å². The van der Waals surface area contributed by atoms with Gasteiger partial charge in [-0.05, 0) is 55.2 Å². The van der Waals surface area contributed by atoms with E-state index in [0.29, 0.717) is 17.1 Å². The molecule has 1 aromatic rings. The Labute approximate surface area is 124 Å². The first kappa shape index (κ1) is 14.8. The molecule has 0 heterocycles. The van der Waals surface area contributed by atoms with Crippen molar-refractivity contribution >= 4 is 21.6 Å². The smallest absolute Gasteiger partial charge is 0.146 e. The van der Waals surface area contributed by atoms with E-state index in [9.17, 15) is 4.39 Å². The second-order valence-electron chi connectivity index (χ2n) is 6.68. The molecule has 1 nitrogen and oxygen atoms in total. The van der Waals surface area contributed by atoms with Crippen LogP contribution in [0.5, 0.6) is 0 Å². The van der Waals surface area contributed by atoms with Gasteiger partial charge >= 0.3 is 0 Å². The third kappa shape index (κ3) is 3.95. The van der Waals surface area contributed by atoms with Crippen molar-refractivity contribution in [3.05, 3.63) is 28.5 Å². The monoisotopic (exact) mass is 327 g/mol. The van der Waals surface area contributed by atoms with Crippen LogP contribution in [0.25, 0.3) is 0 Å². The molecule has 0 amide bonds. The molecule has 0 aliphatic heterocycles. The van der Waals surface area contributed by atoms with Crippen molar-refractivity contribution in [3.63, 3.8) is 0 Å². The highest BCUT2D eigenvalue weighted by molar-refractivity contribution is 9.10. The van der Waals surface area contributed by atoms with Gasteiger partial charge < -0.3 is 5.32 Å². The van der Waals surface area contributed by atoms with Crippen LogP contribution in [0.2, 0.25) is 0 Å². The Kier molecular flexibility index (Phi) is 4.54. The lowest BCUT2D eigenvalue weighted by Gasteiger charge is -2.37. The standard InChI is InChI=1S/C16H23BrFN/c1-16(2,3)11-4-7-13(8-5-11)19-15-10-12(17)6-9-14(15)18/h6,9-11,13,19H,4-5,7-8H2,1-3H3. The first-order valence-corrected chi connectivity index (χ1v) is 7.87. The van der Waals surface area contributed by atoms with E-state index >= 15 is 0 Å². The molecule has 3 heteroatoms. The van der Waals surface area contributed by atoms with Crippen molar-refractivity contribution in [1.29, 1.82) is 0 Å². The van der Waals surface area contributed by atoms with Crippen LogP contribution in [0.3, 0.4) is 0 Å². The molecular weight excluding hydrogens is 305 g/mol. The predicted octanol–water partition coefficient (Wildman–Crippen LogP) is 5.61. The summed E-state index contributed by atoms with van der Waals surface area (Å²) in [5.74, 6) is 0.624. The Morgan fingerprint density at radius 2 is 1.79 bits per heavy atom. The van der Waals surface area contributed by atoms with E-state index in [1.807, 2.05) is 6.07 Å². The lowest BCUT2D eigenvalue weighted by atomic mass is 9.71. The zero-order chi connectivity index (χ0) is 14.0. The number of hydrogen-bond donors (Lipinski definition) is 1. The number of halogens is 2. The Balaban J connectivity index is 1.94. The highest BCUT2D eigenvalue weighted by Crippen LogP contribution is 2.38. The molecular formula is C16H23BrFN. The molecule has 0 atom stereocenters. The van der Waals surface area contributed by atoms with Crippen LogP contribution < -0.4 is 5.32 Å². The maximum atomic E-state index is 13.7. The Morgan fingerprint density at radius 1 is 1.16 bits per heavy atom. The molecule has 0 unspecified atom stereocenters. The van der Waals surface area contributed by atoms with Gasteiger partial charge in [0, 0.05) is 10.5 Å². The fourth-order valence-corrected chi connectivity index (χ4v) is 3.29. The molecule has 19 heavy (non-hydrogen) atoms. The van der Waals surface area contributed by atoms with E-state index < -0.39 is 0 Å². The van der Waals surface area contributed by atoms with Crippen molar-refractivity contribution < 1.29 is 4.39 Å². The summed E-state index contributed by atoms with van der Waals surface area (Å²) in [6.07, 6.45) is 4.73. The van der Waals surface area contributed by atoms with Crippen LogP contribution in [-0.2, 0) is 0 Å². The number of hydrogen-bond acceptors (Lipinski definition) is 1. The zero-order valence-corrected chi connectivity index (χ0v) is 13.6. The summed E-state index contributed by atoms with van der Waals surface area (Å²) >= 11 is 3.39. The maximum Gasteiger partial charge on any atom is 0.146 e. The van der Waals surface area contributed by atoms with Gasteiger partial charge in [0.2, 0.25) is 0 Å². The van der Waals surface area contributed by atoms with Crippen LogP contribution >= 0.6 is 15.9 Å². The molecule has 1 N–H and O–H groups in total.